The number of nitrogens with two attached hydrogens (primary N) is 1. The molecule has 1 atom stereocenters. The van der Waals surface area contributed by atoms with Crippen LogP contribution < -0.4 is 5.73 Å². The zero-order chi connectivity index (χ0) is 19.9. The number of benzene rings is 1. The van der Waals surface area contributed by atoms with Gasteiger partial charge in [-0.1, -0.05) is 30.3 Å². The first-order chi connectivity index (χ1) is 13.5. The molecule has 0 bridgehead atoms. The van der Waals surface area contributed by atoms with Crippen LogP contribution >= 0.6 is 0 Å². The van der Waals surface area contributed by atoms with Crippen LogP contribution in [0.25, 0.3) is 17.3 Å². The largest absolute Gasteiger partial charge is 0.449 e. The second-order valence-corrected chi connectivity index (χ2v) is 6.17. The van der Waals surface area contributed by atoms with Gasteiger partial charge in [-0.25, -0.2) is 4.79 Å². The van der Waals surface area contributed by atoms with E-state index in [0.29, 0.717) is 12.2 Å². The van der Waals surface area contributed by atoms with E-state index in [2.05, 4.69) is 10.1 Å². The zero-order valence-electron chi connectivity index (χ0n) is 15.4. The van der Waals surface area contributed by atoms with Gasteiger partial charge >= 0.3 is 5.97 Å². The van der Waals surface area contributed by atoms with Crippen molar-refractivity contribution in [1.29, 1.82) is 0 Å². The van der Waals surface area contributed by atoms with Gasteiger partial charge in [0.05, 0.1) is 6.54 Å². The number of carbonyl (C=O) groups is 2. The molecule has 3 aromatic rings. The molecule has 0 aliphatic heterocycles. The monoisotopic (exact) mass is 376 g/mol. The van der Waals surface area contributed by atoms with E-state index >= 15 is 0 Å². The number of esters is 1. The number of pyridine rings is 1. The summed E-state index contributed by atoms with van der Waals surface area (Å²) in [6.07, 6.45) is 7.10. The SMILES string of the molecule is C[C@@H](OC(=O)/C=C/c1cn(Cc2ccccc2)nc1-c1cccnc1)C(N)=O. The molecule has 0 saturated heterocycles. The Bertz CT molecular complexity index is 981. The number of nitrogens with zero attached hydrogens (tertiary/aromatic N) is 3. The number of hydrogen-bond acceptors (Lipinski definition) is 5. The third kappa shape index (κ3) is 4.91. The van der Waals surface area contributed by atoms with Crippen LogP contribution in [0, 0.1) is 0 Å². The van der Waals surface area contributed by atoms with Gasteiger partial charge in [0.25, 0.3) is 5.91 Å². The van der Waals surface area contributed by atoms with E-state index in [9.17, 15) is 9.59 Å². The van der Waals surface area contributed by atoms with E-state index in [1.807, 2.05) is 48.7 Å². The summed E-state index contributed by atoms with van der Waals surface area (Å²) in [6.45, 7) is 2.01. The average molecular weight is 376 g/mol. The second-order valence-electron chi connectivity index (χ2n) is 6.17. The van der Waals surface area contributed by atoms with Gasteiger partial charge in [-0.05, 0) is 30.7 Å². The van der Waals surface area contributed by atoms with Gasteiger partial charge in [0.2, 0.25) is 0 Å². The Morgan fingerprint density at radius 2 is 2.00 bits per heavy atom. The fourth-order valence-electron chi connectivity index (χ4n) is 2.57. The van der Waals surface area contributed by atoms with Gasteiger partial charge in [0.1, 0.15) is 5.69 Å². The number of aromatic nitrogens is 3. The summed E-state index contributed by atoms with van der Waals surface area (Å²) < 4.78 is 6.74. The van der Waals surface area contributed by atoms with Crippen LogP contribution in [0.3, 0.4) is 0 Å². The van der Waals surface area contributed by atoms with Crippen molar-refractivity contribution < 1.29 is 14.3 Å². The van der Waals surface area contributed by atoms with E-state index in [0.717, 1.165) is 16.7 Å². The predicted octanol–water partition coefficient (Wildman–Crippen LogP) is 2.42. The maximum absolute atomic E-state index is 11.9. The molecule has 0 spiro atoms. The molecule has 28 heavy (non-hydrogen) atoms. The molecule has 0 fully saturated rings. The first-order valence-corrected chi connectivity index (χ1v) is 8.72. The van der Waals surface area contributed by atoms with Gasteiger partial charge < -0.3 is 10.5 Å². The average Bonchev–Trinajstić information content (AvgIpc) is 3.10. The van der Waals surface area contributed by atoms with E-state index in [1.165, 1.54) is 13.0 Å². The topological polar surface area (TPSA) is 100 Å². The quantitative estimate of drug-likeness (QED) is 0.504. The molecule has 1 aromatic carbocycles. The summed E-state index contributed by atoms with van der Waals surface area (Å²) in [5.41, 5.74) is 8.46. The Balaban J connectivity index is 1.86. The lowest BCUT2D eigenvalue weighted by atomic mass is 10.1. The highest BCUT2D eigenvalue weighted by atomic mass is 16.5. The Hall–Kier alpha value is -3.74. The van der Waals surface area contributed by atoms with Crippen molar-refractivity contribution in [2.75, 3.05) is 0 Å². The van der Waals surface area contributed by atoms with Crippen molar-refractivity contribution in [3.05, 3.63) is 78.3 Å². The van der Waals surface area contributed by atoms with Crippen molar-refractivity contribution in [2.24, 2.45) is 5.73 Å². The highest BCUT2D eigenvalue weighted by molar-refractivity contribution is 5.91. The molecule has 2 N–H and O–H groups in total. The standard InChI is InChI=1S/C21H20N4O3/c1-15(21(22)27)28-19(26)10-9-18-14-25(13-16-6-3-2-4-7-16)24-20(18)17-8-5-11-23-12-17/h2-12,14-15H,13H2,1H3,(H2,22,27)/b10-9+/t15-/m1/s1. The van der Waals surface area contributed by atoms with Gasteiger partial charge in [0, 0.05) is 35.8 Å². The lowest BCUT2D eigenvalue weighted by Crippen LogP contribution is -2.29. The molecule has 2 aromatic heterocycles. The van der Waals surface area contributed by atoms with Crippen LogP contribution in [-0.4, -0.2) is 32.7 Å². The molecule has 7 heteroatoms. The Labute approximate surface area is 162 Å². The fraction of sp³-hybridized carbons (Fsp3) is 0.143. The van der Waals surface area contributed by atoms with Crippen LogP contribution in [-0.2, 0) is 20.9 Å². The molecule has 0 radical (unpaired) electrons. The summed E-state index contributed by atoms with van der Waals surface area (Å²) in [6, 6.07) is 13.7. The smallest absolute Gasteiger partial charge is 0.331 e. The summed E-state index contributed by atoms with van der Waals surface area (Å²) in [7, 11) is 0. The number of rotatable bonds is 7. The predicted molar refractivity (Wildman–Crippen MR) is 105 cm³/mol. The normalized spacial score (nSPS) is 12.0. The number of primary amides is 1. The number of ether oxygens (including phenoxy) is 1. The van der Waals surface area contributed by atoms with E-state index in [1.54, 1.807) is 23.2 Å². The highest BCUT2D eigenvalue weighted by Crippen LogP contribution is 2.23. The third-order valence-corrected chi connectivity index (χ3v) is 4.00. The maximum atomic E-state index is 11.9. The third-order valence-electron chi connectivity index (χ3n) is 4.00. The highest BCUT2D eigenvalue weighted by Gasteiger charge is 2.14. The lowest BCUT2D eigenvalue weighted by Gasteiger charge is -2.06. The maximum Gasteiger partial charge on any atom is 0.331 e. The molecule has 0 saturated carbocycles. The number of hydrogen-bond donors (Lipinski definition) is 1. The van der Waals surface area contributed by atoms with Crippen molar-refractivity contribution >= 4 is 18.0 Å². The van der Waals surface area contributed by atoms with Crippen LogP contribution in [0.1, 0.15) is 18.1 Å². The van der Waals surface area contributed by atoms with Crippen LogP contribution in [0.2, 0.25) is 0 Å². The van der Waals surface area contributed by atoms with Crippen LogP contribution in [0.15, 0.2) is 67.1 Å². The molecule has 0 unspecified atom stereocenters. The van der Waals surface area contributed by atoms with Crippen LogP contribution in [0.4, 0.5) is 0 Å². The Morgan fingerprint density at radius 1 is 1.21 bits per heavy atom. The molecule has 0 aliphatic rings. The zero-order valence-corrected chi connectivity index (χ0v) is 15.4. The first-order valence-electron chi connectivity index (χ1n) is 8.72. The van der Waals surface area contributed by atoms with Gasteiger partial charge in [-0.3, -0.25) is 14.5 Å². The molecular weight excluding hydrogens is 356 g/mol. The summed E-state index contributed by atoms with van der Waals surface area (Å²) >= 11 is 0. The van der Waals surface area contributed by atoms with Crippen molar-refractivity contribution in [2.45, 2.75) is 19.6 Å². The summed E-state index contributed by atoms with van der Waals surface area (Å²) in [4.78, 5) is 27.1. The lowest BCUT2D eigenvalue weighted by molar-refractivity contribution is -0.148. The van der Waals surface area contributed by atoms with Crippen molar-refractivity contribution in [3.63, 3.8) is 0 Å². The summed E-state index contributed by atoms with van der Waals surface area (Å²) in [5.74, 6) is -1.35. The van der Waals surface area contributed by atoms with Gasteiger partial charge in [-0.15, -0.1) is 0 Å². The molecule has 3 rings (SSSR count). The van der Waals surface area contributed by atoms with Crippen LogP contribution in [0.5, 0.6) is 0 Å². The number of amides is 1. The Morgan fingerprint density at radius 3 is 2.68 bits per heavy atom. The Kier molecular flexibility index (Phi) is 5.96. The first kappa shape index (κ1) is 19.0. The molecule has 2 heterocycles. The fourth-order valence-corrected chi connectivity index (χ4v) is 2.57. The van der Waals surface area contributed by atoms with Gasteiger partial charge in [-0.2, -0.15) is 5.10 Å². The van der Waals surface area contributed by atoms with Gasteiger partial charge in [0.15, 0.2) is 6.10 Å². The minimum Gasteiger partial charge on any atom is -0.449 e. The molecular formula is C21H20N4O3. The summed E-state index contributed by atoms with van der Waals surface area (Å²) in [5, 5.41) is 4.64. The van der Waals surface area contributed by atoms with Crippen molar-refractivity contribution in [3.8, 4) is 11.3 Å². The molecule has 1 amide bonds. The van der Waals surface area contributed by atoms with Crippen molar-refractivity contribution in [1.82, 2.24) is 14.8 Å². The van der Waals surface area contributed by atoms with E-state index in [-0.39, 0.29) is 0 Å². The second kappa shape index (κ2) is 8.77. The molecule has 142 valence electrons. The minimum absolute atomic E-state index is 0.588. The van der Waals surface area contributed by atoms with E-state index < -0.39 is 18.0 Å². The van der Waals surface area contributed by atoms with E-state index in [4.69, 9.17) is 10.5 Å². The molecule has 7 nitrogen and oxygen atoms in total. The number of carbonyl (C=O) groups excluding carboxylic acids is 2. The minimum atomic E-state index is -0.990. The molecule has 0 aliphatic carbocycles.